The number of nitrogens with zero attached hydrogens (tertiary/aromatic N) is 3. The molecule has 1 aliphatic heterocycles. The molecule has 0 amide bonds. The molecule has 0 radical (unpaired) electrons. The Hall–Kier alpha value is -2.93. The van der Waals surface area contributed by atoms with Crippen molar-refractivity contribution in [1.29, 1.82) is 0 Å². The summed E-state index contributed by atoms with van der Waals surface area (Å²) in [5, 5.41) is 5.36. The van der Waals surface area contributed by atoms with Gasteiger partial charge in [0.05, 0.1) is 18.0 Å². The summed E-state index contributed by atoms with van der Waals surface area (Å²) in [6.07, 6.45) is 27.9. The van der Waals surface area contributed by atoms with Gasteiger partial charge in [0.1, 0.15) is 5.75 Å². The van der Waals surface area contributed by atoms with Crippen LogP contribution in [0.3, 0.4) is 0 Å². The van der Waals surface area contributed by atoms with Crippen molar-refractivity contribution >= 4 is 43.1 Å². The summed E-state index contributed by atoms with van der Waals surface area (Å²) in [4.78, 5) is 10.5. The minimum atomic E-state index is 0.0647. The molecule has 0 spiro atoms. The van der Waals surface area contributed by atoms with Crippen LogP contribution in [0.15, 0.2) is 94.9 Å². The van der Waals surface area contributed by atoms with E-state index in [0.29, 0.717) is 19.5 Å². The molecule has 1 heterocycles. The molecule has 4 aromatic carbocycles. The van der Waals surface area contributed by atoms with Crippen LogP contribution in [0.2, 0.25) is 0 Å². The van der Waals surface area contributed by atoms with Crippen molar-refractivity contribution in [3.8, 4) is 28.0 Å². The number of halogens is 2. The van der Waals surface area contributed by atoms with Crippen LogP contribution in [0.5, 0.6) is 5.75 Å². The maximum atomic E-state index is 6.81. The fourth-order valence-electron chi connectivity index (χ4n) is 9.06. The van der Waals surface area contributed by atoms with Crippen LogP contribution in [0.25, 0.3) is 27.6 Å². The van der Waals surface area contributed by atoms with Crippen LogP contribution < -0.4 is 4.74 Å². The molecule has 63 heavy (non-hydrogen) atoms. The monoisotopic (exact) mass is 937 g/mol. The fraction of sp³-hybridized carbons (Fsp3) is 0.536. The minimum absolute atomic E-state index is 0.0647. The zero-order chi connectivity index (χ0) is 45.1. The molecule has 0 saturated carbocycles. The molecule has 0 N–H and O–H groups in total. The first-order valence-corrected chi connectivity index (χ1v) is 27.3. The van der Waals surface area contributed by atoms with Gasteiger partial charge in [-0.05, 0) is 86.8 Å². The number of hydrogen-bond acceptors (Lipinski definition) is 3. The van der Waals surface area contributed by atoms with E-state index in [4.69, 9.17) is 40.3 Å². The SMILES string of the molecule is CCCCCCCCCCCCCCCCCCCCOc1c(-c2ccccc2)cc(N=C(C)C2CCCC(C(C)=Nc3c(C)cc(C)cc3C)[N-]2)cc1-c1ccccc1.[Cl][Co+][Cl]. The number of hydrogen-bond donors (Lipinski definition) is 0. The Kier molecular flexibility index (Phi) is 26.0. The third kappa shape index (κ3) is 19.2. The molecular weight excluding hydrogens is 860 g/mol. The van der Waals surface area contributed by atoms with E-state index in [1.54, 1.807) is 0 Å². The number of aryl methyl sites for hydroxylation is 3. The summed E-state index contributed by atoms with van der Waals surface area (Å²) in [5.74, 6) is 0.951. The molecule has 2 unspecified atom stereocenters. The summed E-state index contributed by atoms with van der Waals surface area (Å²) in [7, 11) is 9.47. The second-order valence-corrected chi connectivity index (χ2v) is 19.6. The van der Waals surface area contributed by atoms with E-state index < -0.39 is 0 Å². The second-order valence-electron chi connectivity index (χ2n) is 17.9. The van der Waals surface area contributed by atoms with Gasteiger partial charge in [-0.2, -0.15) is 0 Å². The Morgan fingerprint density at radius 1 is 0.587 bits per heavy atom. The molecule has 1 aliphatic rings. The fourth-order valence-corrected chi connectivity index (χ4v) is 9.06. The number of benzene rings is 4. The van der Waals surface area contributed by atoms with Crippen molar-refractivity contribution in [2.24, 2.45) is 9.98 Å². The Bertz CT molecular complexity index is 1850. The van der Waals surface area contributed by atoms with Crippen LogP contribution in [0.1, 0.15) is 172 Å². The van der Waals surface area contributed by atoms with Gasteiger partial charge in [-0.1, -0.05) is 226 Å². The molecule has 1 fully saturated rings. The first-order chi connectivity index (χ1) is 30.7. The van der Waals surface area contributed by atoms with Gasteiger partial charge in [-0.3, -0.25) is 9.98 Å². The van der Waals surface area contributed by atoms with Crippen molar-refractivity contribution in [2.75, 3.05) is 6.61 Å². The van der Waals surface area contributed by atoms with E-state index in [1.165, 1.54) is 126 Å². The van der Waals surface area contributed by atoms with Gasteiger partial charge in [-0.15, -0.1) is 0 Å². The van der Waals surface area contributed by atoms with E-state index in [-0.39, 0.29) is 12.1 Å². The number of rotatable bonds is 26. The number of aliphatic imine (C=N–C) groups is 2. The van der Waals surface area contributed by atoms with Crippen molar-refractivity contribution in [3.05, 3.63) is 107 Å². The molecule has 0 aromatic heterocycles. The number of unbranched alkanes of at least 4 members (excludes halogenated alkanes) is 17. The van der Waals surface area contributed by atoms with Crippen molar-refractivity contribution in [3.63, 3.8) is 0 Å². The predicted octanol–water partition coefficient (Wildman–Crippen LogP) is 18.9. The van der Waals surface area contributed by atoms with Crippen LogP contribution in [0, 0.1) is 20.8 Å². The molecule has 0 bridgehead atoms. The average molecular weight is 939 g/mol. The summed E-state index contributed by atoms with van der Waals surface area (Å²) >= 11 is 0.382. The summed E-state index contributed by atoms with van der Waals surface area (Å²) in [6.45, 7) is 13.8. The first kappa shape index (κ1) is 52.7. The van der Waals surface area contributed by atoms with Gasteiger partial charge in [0, 0.05) is 11.1 Å². The third-order valence-electron chi connectivity index (χ3n) is 12.5. The Morgan fingerprint density at radius 2 is 0.984 bits per heavy atom. The van der Waals surface area contributed by atoms with Crippen LogP contribution in [0.4, 0.5) is 11.4 Å². The van der Waals surface area contributed by atoms with Crippen molar-refractivity contribution in [1.82, 2.24) is 0 Å². The second kappa shape index (κ2) is 31.1. The summed E-state index contributed by atoms with van der Waals surface area (Å²) in [5.41, 5.74) is 12.4. The van der Waals surface area contributed by atoms with Gasteiger partial charge in [0.25, 0.3) is 0 Å². The third-order valence-corrected chi connectivity index (χ3v) is 12.5. The molecule has 1 saturated heterocycles. The predicted molar refractivity (Wildman–Crippen MR) is 274 cm³/mol. The molecule has 7 heteroatoms. The van der Waals surface area contributed by atoms with Crippen molar-refractivity contribution in [2.45, 2.75) is 188 Å². The molecule has 0 aliphatic carbocycles. The van der Waals surface area contributed by atoms with E-state index in [9.17, 15) is 0 Å². The van der Waals surface area contributed by atoms with Crippen LogP contribution in [-0.2, 0) is 12.9 Å². The Balaban J connectivity index is 0.00000282. The molecule has 2 atom stereocenters. The Labute approximate surface area is 398 Å². The normalized spacial score (nSPS) is 15.6. The summed E-state index contributed by atoms with van der Waals surface area (Å²) < 4.78 is 6.81. The molecule has 4 nitrogen and oxygen atoms in total. The quantitative estimate of drug-likeness (QED) is 0.0457. The van der Waals surface area contributed by atoms with Gasteiger partial charge in [0.2, 0.25) is 0 Å². The topological polar surface area (TPSA) is 48.1 Å². The first-order valence-electron chi connectivity index (χ1n) is 24.4. The summed E-state index contributed by atoms with van der Waals surface area (Å²) in [6, 6.07) is 30.5. The van der Waals surface area contributed by atoms with E-state index in [1.807, 2.05) is 0 Å². The maximum absolute atomic E-state index is 6.81. The van der Waals surface area contributed by atoms with Gasteiger partial charge in [-0.25, -0.2) is 0 Å². The van der Waals surface area contributed by atoms with Crippen LogP contribution >= 0.6 is 20.3 Å². The standard InChI is InChI=1S/C56H78N3O.2ClH.Co/c1-7-8-9-10-11-12-13-14-15-16-17-18-19-20-21-22-23-30-38-60-56-51(48-32-26-24-27-33-48)41-50(42-52(56)49-34-28-25-29-35-49)57-46(5)53-36-31-37-54(59-53)47(6)58-55-44(3)39-43(2)40-45(55)4;;;/h24-29,32-35,39-42,53-54H,7-23,30-31,36-38H2,1-6H3;2*1H;/q-1;;;+3/p-2. The average Bonchev–Trinajstić information content (AvgIpc) is 3.29. The zero-order valence-corrected chi connectivity index (χ0v) is 42.2. The van der Waals surface area contributed by atoms with Crippen LogP contribution in [-0.4, -0.2) is 30.1 Å². The van der Waals surface area contributed by atoms with E-state index in [2.05, 4.69) is 126 Å². The molecular formula is C56H78Cl2CoN3O. The van der Waals surface area contributed by atoms with Gasteiger partial charge in [0.15, 0.2) is 0 Å². The van der Waals surface area contributed by atoms with Crippen molar-refractivity contribution < 1.29 is 17.6 Å². The number of ether oxygens (including phenoxy) is 1. The Morgan fingerprint density at radius 3 is 1.41 bits per heavy atom. The molecule has 4 aromatic rings. The van der Waals surface area contributed by atoms with E-state index in [0.717, 1.165) is 76.5 Å². The van der Waals surface area contributed by atoms with Gasteiger partial charge < -0.3 is 10.1 Å². The van der Waals surface area contributed by atoms with E-state index >= 15 is 0 Å². The van der Waals surface area contributed by atoms with Gasteiger partial charge >= 0.3 is 33.2 Å². The zero-order valence-electron chi connectivity index (χ0n) is 39.6. The molecule has 5 rings (SSSR count). The number of piperidine rings is 1. The molecule has 346 valence electrons.